The quantitative estimate of drug-likeness (QED) is 0.391. The first-order chi connectivity index (χ1) is 16.7. The second kappa shape index (κ2) is 12.0. The molecule has 4 heteroatoms. The smallest absolute Gasteiger partial charge is 0.119 e. The monoisotopic (exact) mass is 459 g/mol. The van der Waals surface area contributed by atoms with Gasteiger partial charge in [-0.2, -0.15) is 0 Å². The SMILES string of the molecule is COc1cccc(CC[C@@H]2CC[C@H](CCc3cccc(OC)c3)N2[C@@H](CO)c2ccccc2)c1. The van der Waals surface area contributed by atoms with Crippen molar-refractivity contribution in [3.63, 3.8) is 0 Å². The van der Waals surface area contributed by atoms with Gasteiger partial charge in [0.1, 0.15) is 11.5 Å². The first kappa shape index (κ1) is 24.3. The summed E-state index contributed by atoms with van der Waals surface area (Å²) < 4.78 is 10.8. The van der Waals surface area contributed by atoms with Gasteiger partial charge in [-0.05, 0) is 79.5 Å². The van der Waals surface area contributed by atoms with Crippen molar-refractivity contribution in [2.75, 3.05) is 20.8 Å². The predicted octanol–water partition coefficient (Wildman–Crippen LogP) is 5.84. The Kier molecular flexibility index (Phi) is 8.62. The van der Waals surface area contributed by atoms with Crippen LogP contribution in [0.3, 0.4) is 0 Å². The zero-order valence-corrected chi connectivity index (χ0v) is 20.4. The molecule has 0 saturated carbocycles. The number of aliphatic hydroxyl groups excluding tert-OH is 1. The highest BCUT2D eigenvalue weighted by molar-refractivity contribution is 5.29. The number of methoxy groups -OCH3 is 2. The van der Waals surface area contributed by atoms with Gasteiger partial charge in [0, 0.05) is 12.1 Å². The van der Waals surface area contributed by atoms with E-state index < -0.39 is 0 Å². The highest BCUT2D eigenvalue weighted by Crippen LogP contribution is 2.38. The number of hydrogen-bond donors (Lipinski definition) is 1. The molecule has 0 amide bonds. The Morgan fingerprint density at radius 1 is 0.765 bits per heavy atom. The lowest BCUT2D eigenvalue weighted by Crippen LogP contribution is -2.41. The fourth-order valence-corrected chi connectivity index (χ4v) is 5.45. The van der Waals surface area contributed by atoms with Crippen molar-refractivity contribution in [2.24, 2.45) is 0 Å². The number of likely N-dealkylation sites (tertiary alicyclic amines) is 1. The van der Waals surface area contributed by atoms with Crippen molar-refractivity contribution in [2.45, 2.75) is 56.7 Å². The molecule has 1 fully saturated rings. The number of benzene rings is 3. The minimum atomic E-state index is 0.0225. The van der Waals surface area contributed by atoms with Crippen LogP contribution in [-0.2, 0) is 12.8 Å². The van der Waals surface area contributed by atoms with Gasteiger partial charge < -0.3 is 14.6 Å². The number of ether oxygens (including phenoxy) is 2. The summed E-state index contributed by atoms with van der Waals surface area (Å²) in [6.45, 7) is 0.134. The molecular weight excluding hydrogens is 422 g/mol. The Morgan fingerprint density at radius 2 is 1.29 bits per heavy atom. The summed E-state index contributed by atoms with van der Waals surface area (Å²) in [7, 11) is 3.44. The molecule has 0 aliphatic carbocycles. The van der Waals surface area contributed by atoms with Gasteiger partial charge in [0.15, 0.2) is 0 Å². The van der Waals surface area contributed by atoms with Crippen LogP contribution in [-0.4, -0.2) is 42.9 Å². The molecule has 1 heterocycles. The van der Waals surface area contributed by atoms with Crippen LogP contribution in [0.5, 0.6) is 11.5 Å². The first-order valence-electron chi connectivity index (χ1n) is 12.4. The molecule has 180 valence electrons. The fraction of sp³-hybridized carbons (Fsp3) is 0.400. The maximum absolute atomic E-state index is 10.5. The lowest BCUT2D eigenvalue weighted by molar-refractivity contribution is 0.0707. The molecule has 3 atom stereocenters. The summed E-state index contributed by atoms with van der Waals surface area (Å²) in [6.07, 6.45) is 6.49. The van der Waals surface area contributed by atoms with Crippen LogP contribution in [0.1, 0.15) is 48.4 Å². The second-order valence-corrected chi connectivity index (χ2v) is 9.22. The van der Waals surface area contributed by atoms with Gasteiger partial charge in [0.05, 0.1) is 26.9 Å². The third kappa shape index (κ3) is 5.99. The molecular formula is C30H37NO3. The Morgan fingerprint density at radius 3 is 1.76 bits per heavy atom. The van der Waals surface area contributed by atoms with E-state index in [0.717, 1.165) is 50.0 Å². The van der Waals surface area contributed by atoms with Crippen molar-refractivity contribution < 1.29 is 14.6 Å². The van der Waals surface area contributed by atoms with Gasteiger partial charge in [-0.1, -0.05) is 54.6 Å². The van der Waals surface area contributed by atoms with E-state index in [-0.39, 0.29) is 12.6 Å². The zero-order chi connectivity index (χ0) is 23.8. The molecule has 4 nitrogen and oxygen atoms in total. The van der Waals surface area contributed by atoms with Crippen molar-refractivity contribution >= 4 is 0 Å². The zero-order valence-electron chi connectivity index (χ0n) is 20.4. The number of aliphatic hydroxyl groups is 1. The van der Waals surface area contributed by atoms with E-state index in [0.29, 0.717) is 12.1 Å². The third-order valence-electron chi connectivity index (χ3n) is 7.19. The Labute approximate surface area is 204 Å². The van der Waals surface area contributed by atoms with Gasteiger partial charge in [-0.3, -0.25) is 4.90 Å². The van der Waals surface area contributed by atoms with Crippen molar-refractivity contribution in [3.8, 4) is 11.5 Å². The number of nitrogens with zero attached hydrogens (tertiary/aromatic N) is 1. The molecule has 4 rings (SSSR count). The molecule has 1 N–H and O–H groups in total. The van der Waals surface area contributed by atoms with Crippen LogP contribution in [0.25, 0.3) is 0 Å². The summed E-state index contributed by atoms with van der Waals surface area (Å²) in [5.74, 6) is 1.82. The van der Waals surface area contributed by atoms with Crippen molar-refractivity contribution in [1.82, 2.24) is 4.90 Å². The Hall–Kier alpha value is -2.82. The average Bonchev–Trinajstić information content (AvgIpc) is 3.30. The summed E-state index contributed by atoms with van der Waals surface area (Å²) in [6, 6.07) is 28.2. The molecule has 1 aliphatic heterocycles. The molecule has 0 unspecified atom stereocenters. The minimum absolute atomic E-state index is 0.0225. The fourth-order valence-electron chi connectivity index (χ4n) is 5.45. The van der Waals surface area contributed by atoms with Crippen LogP contribution in [0.15, 0.2) is 78.9 Å². The largest absolute Gasteiger partial charge is 0.497 e. The minimum Gasteiger partial charge on any atom is -0.497 e. The number of rotatable bonds is 11. The maximum Gasteiger partial charge on any atom is 0.119 e. The first-order valence-corrected chi connectivity index (χ1v) is 12.4. The molecule has 0 spiro atoms. The van der Waals surface area contributed by atoms with E-state index in [1.165, 1.54) is 16.7 Å². The molecule has 0 aromatic heterocycles. The van der Waals surface area contributed by atoms with Crippen LogP contribution in [0.4, 0.5) is 0 Å². The maximum atomic E-state index is 10.5. The van der Waals surface area contributed by atoms with Gasteiger partial charge in [0.2, 0.25) is 0 Å². The number of hydrogen-bond acceptors (Lipinski definition) is 4. The molecule has 0 radical (unpaired) electrons. The van der Waals surface area contributed by atoms with E-state index in [4.69, 9.17) is 9.47 Å². The summed E-state index contributed by atoms with van der Waals surface area (Å²) >= 11 is 0. The van der Waals surface area contributed by atoms with E-state index in [9.17, 15) is 5.11 Å². The van der Waals surface area contributed by atoms with Crippen LogP contribution in [0, 0.1) is 0 Å². The number of aryl methyl sites for hydroxylation is 2. The lowest BCUT2D eigenvalue weighted by Gasteiger charge is -2.37. The van der Waals surface area contributed by atoms with Gasteiger partial charge in [0.25, 0.3) is 0 Å². The van der Waals surface area contributed by atoms with Gasteiger partial charge in [-0.15, -0.1) is 0 Å². The topological polar surface area (TPSA) is 41.9 Å². The summed E-state index contributed by atoms with van der Waals surface area (Å²) in [5, 5.41) is 10.5. The van der Waals surface area contributed by atoms with Crippen molar-refractivity contribution in [1.29, 1.82) is 0 Å². The summed E-state index contributed by atoms with van der Waals surface area (Å²) in [4.78, 5) is 2.62. The van der Waals surface area contributed by atoms with E-state index in [1.54, 1.807) is 14.2 Å². The second-order valence-electron chi connectivity index (χ2n) is 9.22. The molecule has 3 aromatic carbocycles. The highest BCUT2D eigenvalue weighted by atomic mass is 16.5. The Balaban J connectivity index is 1.51. The molecule has 1 aliphatic rings. The Bertz CT molecular complexity index is 963. The predicted molar refractivity (Wildman–Crippen MR) is 138 cm³/mol. The highest BCUT2D eigenvalue weighted by Gasteiger charge is 2.37. The van der Waals surface area contributed by atoms with Crippen LogP contribution >= 0.6 is 0 Å². The average molecular weight is 460 g/mol. The third-order valence-corrected chi connectivity index (χ3v) is 7.19. The van der Waals surface area contributed by atoms with E-state index in [1.807, 2.05) is 18.2 Å². The standard InChI is InChI=1S/C30H37NO3/c1-33-28-12-6-8-23(20-28)14-16-26-18-19-27(17-15-24-9-7-13-29(21-24)34-2)31(26)30(22-32)25-10-4-3-5-11-25/h3-13,20-21,26-27,30,32H,14-19,22H2,1-2H3/t26-,27+,30-/m0/s1. The normalized spacial score (nSPS) is 19.1. The summed E-state index contributed by atoms with van der Waals surface area (Å²) in [5.41, 5.74) is 3.81. The lowest BCUT2D eigenvalue weighted by atomic mass is 9.99. The van der Waals surface area contributed by atoms with E-state index in [2.05, 4.69) is 65.6 Å². The molecule has 1 saturated heterocycles. The molecule has 3 aromatic rings. The van der Waals surface area contributed by atoms with Crippen molar-refractivity contribution in [3.05, 3.63) is 95.6 Å². The van der Waals surface area contributed by atoms with Crippen LogP contribution in [0.2, 0.25) is 0 Å². The molecule has 34 heavy (non-hydrogen) atoms. The molecule has 0 bridgehead atoms. The van der Waals surface area contributed by atoms with E-state index >= 15 is 0 Å². The van der Waals surface area contributed by atoms with Gasteiger partial charge >= 0.3 is 0 Å². The van der Waals surface area contributed by atoms with Gasteiger partial charge in [-0.25, -0.2) is 0 Å². The van der Waals surface area contributed by atoms with Crippen LogP contribution < -0.4 is 9.47 Å².